The minimum absolute atomic E-state index is 0.134. The minimum Gasteiger partial charge on any atom is -0.495 e. The zero-order chi connectivity index (χ0) is 22.3. The number of hydrogen-bond donors (Lipinski definition) is 1. The molecule has 8 nitrogen and oxygen atoms in total. The van der Waals surface area contributed by atoms with Crippen LogP contribution in [0.5, 0.6) is 5.75 Å². The van der Waals surface area contributed by atoms with Gasteiger partial charge in [-0.05, 0) is 42.9 Å². The van der Waals surface area contributed by atoms with Crippen molar-refractivity contribution < 1.29 is 17.9 Å². The van der Waals surface area contributed by atoms with Gasteiger partial charge in [-0.25, -0.2) is 18.4 Å². The summed E-state index contributed by atoms with van der Waals surface area (Å²) in [6, 6.07) is 4.75. The molecule has 1 aliphatic heterocycles. The van der Waals surface area contributed by atoms with E-state index in [-0.39, 0.29) is 15.9 Å². The van der Waals surface area contributed by atoms with Gasteiger partial charge in [0.05, 0.1) is 24.4 Å². The summed E-state index contributed by atoms with van der Waals surface area (Å²) in [6.07, 6.45) is 2.64. The van der Waals surface area contributed by atoms with Crippen molar-refractivity contribution in [2.75, 3.05) is 13.7 Å². The number of ether oxygens (including phenoxy) is 1. The highest BCUT2D eigenvalue weighted by molar-refractivity contribution is 7.89. The van der Waals surface area contributed by atoms with Crippen LogP contribution in [0.15, 0.2) is 29.3 Å². The number of primary amides is 1. The van der Waals surface area contributed by atoms with Crippen LogP contribution in [0, 0.1) is 6.92 Å². The van der Waals surface area contributed by atoms with Gasteiger partial charge in [-0.3, -0.25) is 4.79 Å². The van der Waals surface area contributed by atoms with Gasteiger partial charge in [0.1, 0.15) is 16.5 Å². The Morgan fingerprint density at radius 2 is 2.00 bits per heavy atom. The maximum Gasteiger partial charge on any atom is 0.252 e. The van der Waals surface area contributed by atoms with Gasteiger partial charge in [0.2, 0.25) is 10.0 Å². The molecule has 30 heavy (non-hydrogen) atoms. The fourth-order valence-corrected chi connectivity index (χ4v) is 5.48. The number of aryl methyl sites for hydroxylation is 1. The molecular weight excluding hydrogens is 404 g/mol. The van der Waals surface area contributed by atoms with E-state index in [0.717, 1.165) is 5.56 Å². The number of sulfonamides is 1. The third-order valence-corrected chi connectivity index (χ3v) is 7.31. The van der Waals surface area contributed by atoms with E-state index in [4.69, 9.17) is 10.5 Å². The van der Waals surface area contributed by atoms with Gasteiger partial charge in [-0.2, -0.15) is 4.31 Å². The van der Waals surface area contributed by atoms with Gasteiger partial charge < -0.3 is 10.5 Å². The monoisotopic (exact) mass is 432 g/mol. The molecule has 1 aliphatic rings. The van der Waals surface area contributed by atoms with Gasteiger partial charge in [0.25, 0.3) is 5.91 Å². The zero-order valence-corrected chi connectivity index (χ0v) is 18.8. The Hall–Kier alpha value is -2.52. The Morgan fingerprint density at radius 3 is 2.57 bits per heavy atom. The van der Waals surface area contributed by atoms with Gasteiger partial charge >= 0.3 is 0 Å². The number of rotatable bonds is 5. The van der Waals surface area contributed by atoms with Crippen molar-refractivity contribution in [2.24, 2.45) is 5.73 Å². The molecular formula is C21H28N4O4S. The largest absolute Gasteiger partial charge is 0.495 e. The molecule has 0 saturated carbocycles. The number of carbonyl (C=O) groups excluding carboxylic acids is 1. The van der Waals surface area contributed by atoms with E-state index in [2.05, 4.69) is 9.97 Å². The van der Waals surface area contributed by atoms with Crippen LogP contribution in [-0.2, 0) is 15.4 Å². The summed E-state index contributed by atoms with van der Waals surface area (Å²) in [6.45, 7) is 8.10. The smallest absolute Gasteiger partial charge is 0.252 e. The lowest BCUT2D eigenvalue weighted by Gasteiger charge is -2.26. The SMILES string of the molecule is COc1ccc(C(C)(C)C)cc1S(=O)(=O)N1CCC[C@@H]1c1ncc(C(N)=O)c(C)n1. The average Bonchev–Trinajstić information content (AvgIpc) is 3.17. The molecule has 1 aromatic carbocycles. The summed E-state index contributed by atoms with van der Waals surface area (Å²) < 4.78 is 34.1. The number of aromatic nitrogens is 2. The lowest BCUT2D eigenvalue weighted by molar-refractivity contribution is 0.0998. The summed E-state index contributed by atoms with van der Waals surface area (Å²) in [5.74, 6) is 0.0537. The Kier molecular flexibility index (Phi) is 5.88. The highest BCUT2D eigenvalue weighted by Gasteiger charge is 2.39. The highest BCUT2D eigenvalue weighted by atomic mass is 32.2. The van der Waals surface area contributed by atoms with Crippen molar-refractivity contribution in [3.63, 3.8) is 0 Å². The number of hydrogen-bond acceptors (Lipinski definition) is 6. The van der Waals surface area contributed by atoms with E-state index in [0.29, 0.717) is 36.7 Å². The van der Waals surface area contributed by atoms with Gasteiger partial charge in [-0.1, -0.05) is 26.8 Å². The van der Waals surface area contributed by atoms with Gasteiger partial charge in [-0.15, -0.1) is 0 Å². The predicted molar refractivity (Wildman–Crippen MR) is 113 cm³/mol. The van der Waals surface area contributed by atoms with E-state index >= 15 is 0 Å². The first kappa shape index (κ1) is 22.2. The summed E-state index contributed by atoms with van der Waals surface area (Å²) >= 11 is 0. The molecule has 2 N–H and O–H groups in total. The molecule has 3 rings (SSSR count). The number of benzene rings is 1. The van der Waals surface area contributed by atoms with Crippen LogP contribution in [0.3, 0.4) is 0 Å². The maximum atomic E-state index is 13.7. The van der Waals surface area contributed by atoms with Crippen LogP contribution < -0.4 is 10.5 Å². The van der Waals surface area contributed by atoms with E-state index in [9.17, 15) is 13.2 Å². The first-order valence-electron chi connectivity index (χ1n) is 9.80. The van der Waals surface area contributed by atoms with E-state index in [1.165, 1.54) is 17.6 Å². The summed E-state index contributed by atoms with van der Waals surface area (Å²) in [5, 5.41) is 0. The third-order valence-electron chi connectivity index (χ3n) is 5.38. The molecule has 0 unspecified atom stereocenters. The normalized spacial score (nSPS) is 17.8. The Morgan fingerprint density at radius 1 is 1.30 bits per heavy atom. The maximum absolute atomic E-state index is 13.7. The van der Waals surface area contributed by atoms with Crippen LogP contribution in [0.4, 0.5) is 0 Å². The molecule has 162 valence electrons. The van der Waals surface area contributed by atoms with Crippen LogP contribution in [0.1, 0.15) is 67.1 Å². The fourth-order valence-electron chi connectivity index (χ4n) is 3.64. The average molecular weight is 433 g/mol. The molecule has 1 saturated heterocycles. The molecule has 2 aromatic rings. The quantitative estimate of drug-likeness (QED) is 0.777. The molecule has 1 aromatic heterocycles. The van der Waals surface area contributed by atoms with E-state index in [1.54, 1.807) is 19.1 Å². The molecule has 2 heterocycles. The second-order valence-corrected chi connectivity index (χ2v) is 10.3. The van der Waals surface area contributed by atoms with Crippen molar-refractivity contribution in [1.29, 1.82) is 0 Å². The van der Waals surface area contributed by atoms with Crippen molar-refractivity contribution in [3.8, 4) is 5.75 Å². The van der Waals surface area contributed by atoms with Crippen LogP contribution in [0.2, 0.25) is 0 Å². The molecule has 0 aliphatic carbocycles. The first-order valence-corrected chi connectivity index (χ1v) is 11.2. The predicted octanol–water partition coefficient (Wildman–Crippen LogP) is 2.72. The second-order valence-electron chi connectivity index (χ2n) is 8.48. The van der Waals surface area contributed by atoms with Crippen LogP contribution in [0.25, 0.3) is 0 Å². The summed E-state index contributed by atoms with van der Waals surface area (Å²) in [7, 11) is -2.40. The molecule has 1 fully saturated rings. The van der Waals surface area contributed by atoms with E-state index in [1.807, 2.05) is 26.8 Å². The summed E-state index contributed by atoms with van der Waals surface area (Å²) in [4.78, 5) is 20.2. The highest BCUT2D eigenvalue weighted by Crippen LogP contribution is 2.39. The molecule has 9 heteroatoms. The minimum atomic E-state index is -3.86. The number of carbonyl (C=O) groups is 1. The Labute approximate surface area is 177 Å². The lowest BCUT2D eigenvalue weighted by atomic mass is 9.87. The molecule has 1 amide bonds. The summed E-state index contributed by atoms with van der Waals surface area (Å²) in [5.41, 5.74) is 6.68. The van der Waals surface area contributed by atoms with Crippen LogP contribution >= 0.6 is 0 Å². The first-order chi connectivity index (χ1) is 14.0. The second kappa shape index (κ2) is 7.96. The molecule has 1 atom stereocenters. The molecule has 0 spiro atoms. The zero-order valence-electron chi connectivity index (χ0n) is 18.0. The standard InChI is InChI=1S/C21H28N4O4S/c1-13-15(19(22)26)12-23-20(24-13)16-7-6-10-25(16)30(27,28)18-11-14(21(2,3)4)8-9-17(18)29-5/h8-9,11-12,16H,6-7,10H2,1-5H3,(H2,22,26)/t16-/m1/s1. The molecule has 0 bridgehead atoms. The number of amides is 1. The van der Waals surface area contributed by atoms with Gasteiger partial charge in [0.15, 0.2) is 0 Å². The van der Waals surface area contributed by atoms with Crippen molar-refractivity contribution in [1.82, 2.24) is 14.3 Å². The molecule has 0 radical (unpaired) electrons. The van der Waals surface area contributed by atoms with E-state index < -0.39 is 22.0 Å². The third kappa shape index (κ3) is 4.04. The topological polar surface area (TPSA) is 115 Å². The number of methoxy groups -OCH3 is 1. The van der Waals surface area contributed by atoms with Crippen molar-refractivity contribution >= 4 is 15.9 Å². The van der Waals surface area contributed by atoms with Crippen molar-refractivity contribution in [3.05, 3.63) is 47.0 Å². The Bertz CT molecular complexity index is 1080. The number of nitrogens with zero attached hydrogens (tertiary/aromatic N) is 3. The Balaban J connectivity index is 2.06. The fraction of sp³-hybridized carbons (Fsp3) is 0.476. The van der Waals surface area contributed by atoms with Crippen LogP contribution in [-0.4, -0.2) is 42.3 Å². The lowest BCUT2D eigenvalue weighted by Crippen LogP contribution is -2.32. The van der Waals surface area contributed by atoms with Crippen molar-refractivity contribution in [2.45, 2.75) is 56.9 Å². The number of nitrogens with two attached hydrogens (primary N) is 1. The van der Waals surface area contributed by atoms with Gasteiger partial charge in [0, 0.05) is 12.7 Å².